The highest BCUT2D eigenvalue weighted by Gasteiger charge is 2.35. The molecular formula is C15H24O4. The van der Waals surface area contributed by atoms with Crippen molar-refractivity contribution in [3.63, 3.8) is 0 Å². The first-order valence-electron chi connectivity index (χ1n) is 6.75. The Morgan fingerprint density at radius 1 is 1.42 bits per heavy atom. The van der Waals surface area contributed by atoms with Crippen molar-refractivity contribution in [2.75, 3.05) is 0 Å². The number of hydrogen-bond donors (Lipinski definition) is 0. The van der Waals surface area contributed by atoms with E-state index in [0.29, 0.717) is 17.3 Å². The van der Waals surface area contributed by atoms with Crippen LogP contribution in [0.5, 0.6) is 0 Å². The molecule has 0 saturated carbocycles. The Kier molecular flexibility index (Phi) is 4.77. The molecule has 0 N–H and O–H groups in total. The third-order valence-corrected chi connectivity index (χ3v) is 2.84. The number of carbonyl (C=O) groups is 2. The van der Waals surface area contributed by atoms with E-state index >= 15 is 0 Å². The number of ether oxygens (including phenoxy) is 2. The Bertz CT molecular complexity index is 399. The molecule has 1 rings (SSSR count). The Morgan fingerprint density at radius 3 is 2.47 bits per heavy atom. The predicted molar refractivity (Wildman–Crippen MR) is 72.2 cm³/mol. The highest BCUT2D eigenvalue weighted by atomic mass is 16.6. The zero-order valence-electron chi connectivity index (χ0n) is 12.7. The molecule has 1 heterocycles. The minimum atomic E-state index is -0.547. The van der Waals surface area contributed by atoms with Gasteiger partial charge in [0.2, 0.25) is 0 Å². The highest BCUT2D eigenvalue weighted by Crippen LogP contribution is 2.33. The van der Waals surface area contributed by atoms with E-state index in [9.17, 15) is 9.59 Å². The molecule has 1 aliphatic heterocycles. The topological polar surface area (TPSA) is 52.6 Å². The molecule has 0 fully saturated rings. The Hall–Kier alpha value is -1.32. The van der Waals surface area contributed by atoms with Gasteiger partial charge in [-0.3, -0.25) is 4.79 Å². The van der Waals surface area contributed by atoms with Gasteiger partial charge in [0.1, 0.15) is 11.4 Å². The van der Waals surface area contributed by atoms with Gasteiger partial charge in [-0.05, 0) is 40.0 Å². The van der Waals surface area contributed by atoms with Gasteiger partial charge in [0.05, 0.1) is 12.0 Å². The highest BCUT2D eigenvalue weighted by molar-refractivity contribution is 5.92. The van der Waals surface area contributed by atoms with Gasteiger partial charge in [-0.2, -0.15) is 0 Å². The number of esters is 2. The van der Waals surface area contributed by atoms with Crippen LogP contribution < -0.4 is 0 Å². The third-order valence-electron chi connectivity index (χ3n) is 2.84. The minimum absolute atomic E-state index is 0.101. The molecule has 0 saturated heterocycles. The molecule has 0 aliphatic carbocycles. The van der Waals surface area contributed by atoms with Crippen molar-refractivity contribution >= 4 is 11.9 Å². The van der Waals surface area contributed by atoms with Gasteiger partial charge in [0.25, 0.3) is 0 Å². The summed E-state index contributed by atoms with van der Waals surface area (Å²) in [5.74, 6) is 0.0481. The van der Waals surface area contributed by atoms with Gasteiger partial charge < -0.3 is 9.47 Å². The van der Waals surface area contributed by atoms with Crippen molar-refractivity contribution in [1.29, 1.82) is 0 Å². The molecule has 0 aromatic rings. The molecule has 1 aliphatic rings. The van der Waals surface area contributed by atoms with E-state index in [1.54, 1.807) is 6.92 Å². The molecule has 4 heteroatoms. The van der Waals surface area contributed by atoms with E-state index in [1.165, 1.54) is 0 Å². The van der Waals surface area contributed by atoms with E-state index in [0.717, 1.165) is 6.42 Å². The molecule has 0 unspecified atom stereocenters. The monoisotopic (exact) mass is 268 g/mol. The zero-order valence-corrected chi connectivity index (χ0v) is 12.7. The summed E-state index contributed by atoms with van der Waals surface area (Å²) in [5.41, 5.74) is -0.0305. The number of rotatable bonds is 3. The van der Waals surface area contributed by atoms with Crippen LogP contribution in [0.25, 0.3) is 0 Å². The summed E-state index contributed by atoms with van der Waals surface area (Å²) in [6.45, 7) is 11.3. The molecule has 108 valence electrons. The molecule has 0 spiro atoms. The predicted octanol–water partition coefficient (Wildman–Crippen LogP) is 3.21. The van der Waals surface area contributed by atoms with E-state index in [-0.39, 0.29) is 24.3 Å². The largest absolute Gasteiger partial charge is 0.457 e. The van der Waals surface area contributed by atoms with Crippen molar-refractivity contribution in [3.05, 3.63) is 11.3 Å². The van der Waals surface area contributed by atoms with Crippen LogP contribution in [0.4, 0.5) is 0 Å². The number of carbonyl (C=O) groups excluding carboxylic acids is 2. The van der Waals surface area contributed by atoms with Crippen molar-refractivity contribution in [2.24, 2.45) is 11.8 Å². The standard InChI is InChI=1S/C15H24O4/c1-9(2)7-11-8-12(16)18-10(3)13(11)14(17)19-15(4,5)6/h9,11H,7-8H2,1-6H3/t11-/m1/s1. The fraction of sp³-hybridized carbons (Fsp3) is 0.733. The van der Waals surface area contributed by atoms with Crippen LogP contribution in [0.2, 0.25) is 0 Å². The average Bonchev–Trinajstić information content (AvgIpc) is 2.10. The van der Waals surface area contributed by atoms with Crippen LogP contribution in [-0.4, -0.2) is 17.5 Å². The van der Waals surface area contributed by atoms with Crippen LogP contribution in [0.3, 0.4) is 0 Å². The average molecular weight is 268 g/mol. The lowest BCUT2D eigenvalue weighted by Gasteiger charge is -2.28. The Morgan fingerprint density at radius 2 is 2.00 bits per heavy atom. The minimum Gasteiger partial charge on any atom is -0.457 e. The van der Waals surface area contributed by atoms with Crippen molar-refractivity contribution in [1.82, 2.24) is 0 Å². The molecule has 19 heavy (non-hydrogen) atoms. The lowest BCUT2D eigenvalue weighted by molar-refractivity contribution is -0.152. The second kappa shape index (κ2) is 5.76. The summed E-state index contributed by atoms with van der Waals surface area (Å²) in [6, 6.07) is 0. The van der Waals surface area contributed by atoms with Crippen molar-refractivity contribution in [3.8, 4) is 0 Å². The molecule has 0 amide bonds. The van der Waals surface area contributed by atoms with Crippen LogP contribution in [0.1, 0.15) is 54.4 Å². The quantitative estimate of drug-likeness (QED) is 0.737. The molecule has 4 nitrogen and oxygen atoms in total. The van der Waals surface area contributed by atoms with Gasteiger partial charge >= 0.3 is 11.9 Å². The van der Waals surface area contributed by atoms with E-state index in [2.05, 4.69) is 13.8 Å². The maximum atomic E-state index is 12.3. The summed E-state index contributed by atoms with van der Waals surface area (Å²) < 4.78 is 10.5. The van der Waals surface area contributed by atoms with Crippen LogP contribution in [-0.2, 0) is 19.1 Å². The first-order valence-corrected chi connectivity index (χ1v) is 6.75. The summed E-state index contributed by atoms with van der Waals surface area (Å²) in [7, 11) is 0. The van der Waals surface area contributed by atoms with Gasteiger partial charge in [-0.15, -0.1) is 0 Å². The number of hydrogen-bond acceptors (Lipinski definition) is 4. The summed E-state index contributed by atoms with van der Waals surface area (Å²) in [6.07, 6.45) is 1.03. The van der Waals surface area contributed by atoms with Gasteiger partial charge in [0, 0.05) is 5.92 Å². The van der Waals surface area contributed by atoms with Crippen molar-refractivity contribution in [2.45, 2.75) is 60.0 Å². The van der Waals surface area contributed by atoms with E-state index < -0.39 is 5.60 Å². The zero-order chi connectivity index (χ0) is 14.8. The first kappa shape index (κ1) is 15.7. The third kappa shape index (κ3) is 4.69. The second-order valence-electron chi connectivity index (χ2n) is 6.48. The molecule has 0 radical (unpaired) electrons. The van der Waals surface area contributed by atoms with Crippen molar-refractivity contribution < 1.29 is 19.1 Å². The van der Waals surface area contributed by atoms with Crippen LogP contribution in [0, 0.1) is 11.8 Å². The van der Waals surface area contributed by atoms with Gasteiger partial charge in [-0.1, -0.05) is 13.8 Å². The molecule has 0 aromatic carbocycles. The summed E-state index contributed by atoms with van der Waals surface area (Å²) in [4.78, 5) is 23.8. The first-order chi connectivity index (χ1) is 8.60. The lowest BCUT2D eigenvalue weighted by Crippen LogP contribution is -2.32. The maximum absolute atomic E-state index is 12.3. The SMILES string of the molecule is CC1=C(C(=O)OC(C)(C)C)[C@H](CC(C)C)CC(=O)O1. The van der Waals surface area contributed by atoms with Crippen LogP contribution in [0.15, 0.2) is 11.3 Å². The Labute approximate surface area is 115 Å². The van der Waals surface area contributed by atoms with Gasteiger partial charge in [-0.25, -0.2) is 4.79 Å². The summed E-state index contributed by atoms with van der Waals surface area (Å²) >= 11 is 0. The molecular weight excluding hydrogens is 244 g/mol. The fourth-order valence-corrected chi connectivity index (χ4v) is 2.27. The number of allylic oxidation sites excluding steroid dienone is 1. The normalized spacial score (nSPS) is 20.6. The second-order valence-corrected chi connectivity index (χ2v) is 6.48. The van der Waals surface area contributed by atoms with E-state index in [1.807, 2.05) is 20.8 Å². The van der Waals surface area contributed by atoms with Gasteiger partial charge in [0.15, 0.2) is 0 Å². The number of cyclic esters (lactones) is 1. The van der Waals surface area contributed by atoms with Crippen LogP contribution >= 0.6 is 0 Å². The Balaban J connectivity index is 2.99. The fourth-order valence-electron chi connectivity index (χ4n) is 2.27. The molecule has 0 bridgehead atoms. The maximum Gasteiger partial charge on any atom is 0.338 e. The summed E-state index contributed by atoms with van der Waals surface area (Å²) in [5, 5.41) is 0. The molecule has 0 aromatic heterocycles. The smallest absolute Gasteiger partial charge is 0.338 e. The van der Waals surface area contributed by atoms with E-state index in [4.69, 9.17) is 9.47 Å². The molecule has 1 atom stereocenters. The lowest BCUT2D eigenvalue weighted by atomic mass is 9.85.